The molecule has 18 heavy (non-hydrogen) atoms. The second kappa shape index (κ2) is 6.08. The van der Waals surface area contributed by atoms with Crippen molar-refractivity contribution in [2.45, 2.75) is 31.4 Å². The summed E-state index contributed by atoms with van der Waals surface area (Å²) in [6, 6.07) is 7.52. The summed E-state index contributed by atoms with van der Waals surface area (Å²) in [6.45, 7) is 0.0227. The summed E-state index contributed by atoms with van der Waals surface area (Å²) in [4.78, 5) is 1.69. The molecule has 0 amide bonds. The molecule has 0 aromatic heterocycles. The second-order valence-electron chi connectivity index (χ2n) is 4.64. The molecule has 5 heteroatoms. The molecule has 1 saturated carbocycles. The smallest absolute Gasteiger partial charge is 0.251 e. The van der Waals surface area contributed by atoms with Crippen molar-refractivity contribution >= 4 is 15.9 Å². The fraction of sp³-hybridized carbons (Fsp3) is 0.538. The predicted molar refractivity (Wildman–Crippen MR) is 69.7 cm³/mol. The summed E-state index contributed by atoms with van der Waals surface area (Å²) < 4.78 is 25.8. The lowest BCUT2D eigenvalue weighted by atomic mass is 10.1. The van der Waals surface area contributed by atoms with Crippen LogP contribution in [0.3, 0.4) is 0 Å². The zero-order chi connectivity index (χ0) is 13.1. The van der Waals surface area contributed by atoms with Gasteiger partial charge in [-0.1, -0.05) is 28.1 Å². The van der Waals surface area contributed by atoms with Crippen molar-refractivity contribution in [2.24, 2.45) is 0 Å². The number of halogens is 3. The highest BCUT2D eigenvalue weighted by Gasteiger charge is 2.32. The van der Waals surface area contributed by atoms with Crippen molar-refractivity contribution in [3.63, 3.8) is 0 Å². The molecule has 1 atom stereocenters. The lowest BCUT2D eigenvalue weighted by Gasteiger charge is -2.24. The van der Waals surface area contributed by atoms with Crippen LogP contribution in [-0.2, 0) is 0 Å². The molecule has 1 aliphatic carbocycles. The second-order valence-corrected chi connectivity index (χ2v) is 5.56. The van der Waals surface area contributed by atoms with Gasteiger partial charge in [0.15, 0.2) is 0 Å². The van der Waals surface area contributed by atoms with Crippen LogP contribution in [0.1, 0.15) is 24.5 Å². The molecule has 1 aliphatic rings. The van der Waals surface area contributed by atoms with Crippen LogP contribution in [0.2, 0.25) is 0 Å². The fourth-order valence-electron chi connectivity index (χ4n) is 2.00. The monoisotopic (exact) mass is 319 g/mol. The third-order valence-corrected chi connectivity index (χ3v) is 3.63. The highest BCUT2D eigenvalue weighted by atomic mass is 79.9. The van der Waals surface area contributed by atoms with Crippen LogP contribution in [0.15, 0.2) is 28.7 Å². The first-order chi connectivity index (χ1) is 8.56. The van der Waals surface area contributed by atoms with E-state index >= 15 is 0 Å². The number of benzene rings is 1. The highest BCUT2D eigenvalue weighted by Crippen LogP contribution is 2.29. The third-order valence-electron chi connectivity index (χ3n) is 3.10. The molecule has 1 aromatic rings. The van der Waals surface area contributed by atoms with E-state index in [1.54, 1.807) is 4.90 Å². The average molecular weight is 320 g/mol. The summed E-state index contributed by atoms with van der Waals surface area (Å²) in [5.74, 6) is 0. The van der Waals surface area contributed by atoms with Crippen LogP contribution < -0.4 is 0 Å². The van der Waals surface area contributed by atoms with Crippen molar-refractivity contribution in [2.75, 3.05) is 13.1 Å². The summed E-state index contributed by atoms with van der Waals surface area (Å²) in [5.41, 5.74) is 0.762. The molecule has 0 heterocycles. The lowest BCUT2D eigenvalue weighted by molar-refractivity contribution is 0.0503. The maximum atomic E-state index is 12.4. The first-order valence-electron chi connectivity index (χ1n) is 6.02. The minimum atomic E-state index is -2.34. The Labute approximate surface area is 114 Å². The first-order valence-corrected chi connectivity index (χ1v) is 6.81. The topological polar surface area (TPSA) is 23.5 Å². The molecule has 0 spiro atoms. The van der Waals surface area contributed by atoms with Crippen LogP contribution >= 0.6 is 15.9 Å². The normalized spacial score (nSPS) is 17.4. The molecule has 0 radical (unpaired) electrons. The molecule has 1 unspecified atom stereocenters. The van der Waals surface area contributed by atoms with Gasteiger partial charge in [-0.15, -0.1) is 0 Å². The molecular weight excluding hydrogens is 304 g/mol. The van der Waals surface area contributed by atoms with Gasteiger partial charge in [-0.25, -0.2) is 8.78 Å². The van der Waals surface area contributed by atoms with Gasteiger partial charge >= 0.3 is 0 Å². The van der Waals surface area contributed by atoms with Gasteiger partial charge in [-0.2, -0.15) is 0 Å². The van der Waals surface area contributed by atoms with Crippen LogP contribution in [0.5, 0.6) is 0 Å². The van der Waals surface area contributed by atoms with E-state index in [1.807, 2.05) is 24.3 Å². The number of aliphatic hydroxyl groups excluding tert-OH is 1. The van der Waals surface area contributed by atoms with E-state index in [1.165, 1.54) is 0 Å². The van der Waals surface area contributed by atoms with Crippen molar-refractivity contribution < 1.29 is 13.9 Å². The van der Waals surface area contributed by atoms with Crippen molar-refractivity contribution in [3.05, 3.63) is 34.3 Å². The Kier molecular flexibility index (Phi) is 4.70. The minimum Gasteiger partial charge on any atom is -0.387 e. The van der Waals surface area contributed by atoms with Crippen LogP contribution in [-0.4, -0.2) is 35.6 Å². The SMILES string of the molecule is OC(CN(CC(F)F)C1CC1)c1ccc(Br)cc1. The van der Waals surface area contributed by atoms with Crippen LogP contribution in [0.4, 0.5) is 8.78 Å². The van der Waals surface area contributed by atoms with E-state index in [9.17, 15) is 13.9 Å². The summed E-state index contributed by atoms with van der Waals surface area (Å²) >= 11 is 3.32. The Morgan fingerprint density at radius 2 is 1.83 bits per heavy atom. The maximum absolute atomic E-state index is 12.4. The van der Waals surface area contributed by atoms with Crippen molar-refractivity contribution in [1.82, 2.24) is 4.90 Å². The van der Waals surface area contributed by atoms with E-state index in [2.05, 4.69) is 15.9 Å². The van der Waals surface area contributed by atoms with Gasteiger partial charge in [0.2, 0.25) is 0 Å². The molecule has 0 bridgehead atoms. The zero-order valence-electron chi connectivity index (χ0n) is 9.90. The minimum absolute atomic E-state index is 0.226. The van der Waals surface area contributed by atoms with Gasteiger partial charge in [0.25, 0.3) is 6.43 Å². The van der Waals surface area contributed by atoms with E-state index in [-0.39, 0.29) is 19.1 Å². The maximum Gasteiger partial charge on any atom is 0.251 e. The number of nitrogens with zero attached hydrogens (tertiary/aromatic N) is 1. The molecule has 1 fully saturated rings. The third kappa shape index (κ3) is 4.00. The number of aliphatic hydroxyl groups is 1. The molecule has 2 rings (SSSR count). The van der Waals surface area contributed by atoms with E-state index < -0.39 is 12.5 Å². The zero-order valence-corrected chi connectivity index (χ0v) is 11.5. The van der Waals surface area contributed by atoms with Crippen molar-refractivity contribution in [1.29, 1.82) is 0 Å². The number of rotatable bonds is 6. The summed E-state index contributed by atoms with van der Waals surface area (Å²) in [6.07, 6.45) is -1.14. The number of hydrogen-bond acceptors (Lipinski definition) is 2. The Bertz CT molecular complexity index is 381. The molecule has 1 N–H and O–H groups in total. The lowest BCUT2D eigenvalue weighted by Crippen LogP contribution is -2.34. The molecule has 0 aliphatic heterocycles. The Morgan fingerprint density at radius 3 is 2.33 bits per heavy atom. The number of hydrogen-bond donors (Lipinski definition) is 1. The largest absolute Gasteiger partial charge is 0.387 e. The summed E-state index contributed by atoms with van der Waals surface area (Å²) in [7, 11) is 0. The fourth-order valence-corrected chi connectivity index (χ4v) is 2.27. The highest BCUT2D eigenvalue weighted by molar-refractivity contribution is 9.10. The summed E-state index contributed by atoms with van der Waals surface area (Å²) in [5, 5.41) is 10.1. The van der Waals surface area contributed by atoms with E-state index in [0.29, 0.717) is 0 Å². The molecule has 100 valence electrons. The quantitative estimate of drug-likeness (QED) is 0.870. The van der Waals surface area contributed by atoms with Gasteiger partial charge in [-0.05, 0) is 30.5 Å². The molecular formula is C13H16BrF2NO. The Morgan fingerprint density at radius 1 is 1.22 bits per heavy atom. The molecule has 0 saturated heterocycles. The Hall–Kier alpha value is -0.520. The van der Waals surface area contributed by atoms with Gasteiger partial charge in [0, 0.05) is 17.1 Å². The average Bonchev–Trinajstić information content (AvgIpc) is 3.12. The molecule has 2 nitrogen and oxygen atoms in total. The molecule has 1 aromatic carbocycles. The number of alkyl halides is 2. The first kappa shape index (κ1) is 13.9. The van der Waals surface area contributed by atoms with Crippen molar-refractivity contribution in [3.8, 4) is 0 Å². The Balaban J connectivity index is 1.95. The standard InChI is InChI=1S/C13H16BrF2NO/c14-10-3-1-9(2-4-10)12(18)7-17(8-13(15)16)11-5-6-11/h1-4,11-13,18H,5-8H2. The van der Waals surface area contributed by atoms with Gasteiger partial charge in [-0.3, -0.25) is 4.90 Å². The van der Waals surface area contributed by atoms with Crippen LogP contribution in [0, 0.1) is 0 Å². The van der Waals surface area contributed by atoms with Gasteiger partial charge < -0.3 is 5.11 Å². The predicted octanol–water partition coefficient (Wildman–Crippen LogP) is 3.21. The van der Waals surface area contributed by atoms with Gasteiger partial charge in [0.05, 0.1) is 12.6 Å². The van der Waals surface area contributed by atoms with E-state index in [0.717, 1.165) is 22.9 Å². The van der Waals surface area contributed by atoms with Crippen LogP contribution in [0.25, 0.3) is 0 Å². The van der Waals surface area contributed by atoms with Gasteiger partial charge in [0.1, 0.15) is 0 Å². The van der Waals surface area contributed by atoms with E-state index in [4.69, 9.17) is 0 Å².